The molecule has 0 bridgehead atoms. The number of carbonyl (C=O) groups is 2. The van der Waals surface area contributed by atoms with Gasteiger partial charge in [-0.05, 0) is 61.1 Å². The molecule has 0 saturated carbocycles. The molecule has 180 valence electrons. The molecular weight excluding hydrogens is 459 g/mol. The molecule has 33 heavy (non-hydrogen) atoms. The number of amides is 2. The lowest BCUT2D eigenvalue weighted by atomic mass is 9.87. The van der Waals surface area contributed by atoms with Crippen LogP contribution in [-0.2, 0) is 21.5 Å². The van der Waals surface area contributed by atoms with Crippen LogP contribution in [0.3, 0.4) is 0 Å². The molecule has 0 aliphatic heterocycles. The molecule has 0 heterocycles. The van der Waals surface area contributed by atoms with E-state index >= 15 is 0 Å². The lowest BCUT2D eigenvalue weighted by Crippen LogP contribution is -2.51. The molecule has 0 unspecified atom stereocenters. The summed E-state index contributed by atoms with van der Waals surface area (Å²) in [5.74, 6) is 0.118. The first kappa shape index (κ1) is 27.0. The van der Waals surface area contributed by atoms with E-state index in [0.29, 0.717) is 22.2 Å². The summed E-state index contributed by atoms with van der Waals surface area (Å²) in [5, 5.41) is 3.74. The zero-order valence-corrected chi connectivity index (χ0v) is 21.8. The number of nitrogens with zero attached hydrogens (tertiary/aromatic N) is 1. The fraction of sp³-hybridized carbons (Fsp3) is 0.462. The van der Waals surface area contributed by atoms with Gasteiger partial charge < -0.3 is 15.0 Å². The van der Waals surface area contributed by atoms with Gasteiger partial charge in [0, 0.05) is 12.6 Å². The third kappa shape index (κ3) is 7.94. The maximum atomic E-state index is 13.3. The van der Waals surface area contributed by atoms with Crippen LogP contribution in [-0.4, -0.2) is 35.4 Å². The SMILES string of the molecule is CC[C@H](C(=O)NC(C)C)N(Cc1ccc(Cl)c(Cl)c1)C(=O)COc1ccc(C(C)(C)C)cc1. The van der Waals surface area contributed by atoms with Gasteiger partial charge >= 0.3 is 0 Å². The van der Waals surface area contributed by atoms with Gasteiger partial charge in [-0.15, -0.1) is 0 Å². The molecule has 0 aliphatic carbocycles. The zero-order chi connectivity index (χ0) is 24.8. The summed E-state index contributed by atoms with van der Waals surface area (Å²) in [4.78, 5) is 27.6. The lowest BCUT2D eigenvalue weighted by molar-refractivity contribution is -0.143. The van der Waals surface area contributed by atoms with E-state index in [1.54, 1.807) is 23.1 Å². The van der Waals surface area contributed by atoms with Crippen molar-refractivity contribution in [1.29, 1.82) is 0 Å². The Labute approximate surface area is 207 Å². The summed E-state index contributed by atoms with van der Waals surface area (Å²) in [5.41, 5.74) is 1.99. The summed E-state index contributed by atoms with van der Waals surface area (Å²) in [6.45, 7) is 12.1. The van der Waals surface area contributed by atoms with Gasteiger partial charge in [0.25, 0.3) is 5.91 Å². The largest absolute Gasteiger partial charge is 0.484 e. The molecule has 0 saturated heterocycles. The lowest BCUT2D eigenvalue weighted by Gasteiger charge is -2.31. The molecule has 0 aliphatic rings. The van der Waals surface area contributed by atoms with E-state index in [1.807, 2.05) is 45.0 Å². The van der Waals surface area contributed by atoms with Crippen LogP contribution in [0.2, 0.25) is 10.0 Å². The Balaban J connectivity index is 2.22. The van der Waals surface area contributed by atoms with E-state index in [1.165, 1.54) is 5.56 Å². The van der Waals surface area contributed by atoms with Crippen molar-refractivity contribution < 1.29 is 14.3 Å². The van der Waals surface area contributed by atoms with Crippen LogP contribution >= 0.6 is 23.2 Å². The normalized spacial score (nSPS) is 12.4. The van der Waals surface area contributed by atoms with E-state index < -0.39 is 6.04 Å². The van der Waals surface area contributed by atoms with Crippen LogP contribution in [0.1, 0.15) is 59.1 Å². The smallest absolute Gasteiger partial charge is 0.261 e. The topological polar surface area (TPSA) is 58.6 Å². The average Bonchev–Trinajstić information content (AvgIpc) is 2.73. The minimum absolute atomic E-state index is 0.0309. The van der Waals surface area contributed by atoms with Crippen LogP contribution in [0.15, 0.2) is 42.5 Å². The van der Waals surface area contributed by atoms with Crippen LogP contribution in [0.25, 0.3) is 0 Å². The predicted molar refractivity (Wildman–Crippen MR) is 135 cm³/mol. The molecule has 0 fully saturated rings. The third-order valence-corrected chi connectivity index (χ3v) is 5.98. The number of hydrogen-bond donors (Lipinski definition) is 1. The number of rotatable bonds is 9. The maximum Gasteiger partial charge on any atom is 0.261 e. The Hall–Kier alpha value is -2.24. The molecule has 0 spiro atoms. The number of ether oxygens (including phenoxy) is 1. The second-order valence-corrected chi connectivity index (χ2v) is 10.2. The summed E-state index contributed by atoms with van der Waals surface area (Å²) >= 11 is 12.2. The molecule has 5 nitrogen and oxygen atoms in total. The zero-order valence-electron chi connectivity index (χ0n) is 20.2. The first-order valence-corrected chi connectivity index (χ1v) is 11.9. The van der Waals surface area contributed by atoms with E-state index in [-0.39, 0.29) is 36.4 Å². The second kappa shape index (κ2) is 11.8. The highest BCUT2D eigenvalue weighted by Gasteiger charge is 2.29. The van der Waals surface area contributed by atoms with Gasteiger partial charge in [0.2, 0.25) is 5.91 Å². The molecule has 1 atom stereocenters. The van der Waals surface area contributed by atoms with Crippen LogP contribution < -0.4 is 10.1 Å². The van der Waals surface area contributed by atoms with Crippen LogP contribution in [0.4, 0.5) is 0 Å². The van der Waals surface area contributed by atoms with Crippen LogP contribution in [0.5, 0.6) is 5.75 Å². The van der Waals surface area contributed by atoms with E-state index in [2.05, 4.69) is 26.1 Å². The van der Waals surface area contributed by atoms with Crippen molar-refractivity contribution in [1.82, 2.24) is 10.2 Å². The quantitative estimate of drug-likeness (QED) is 0.466. The summed E-state index contributed by atoms with van der Waals surface area (Å²) in [7, 11) is 0. The van der Waals surface area contributed by atoms with Crippen molar-refractivity contribution >= 4 is 35.0 Å². The Morgan fingerprint density at radius 1 is 1.03 bits per heavy atom. The third-order valence-electron chi connectivity index (χ3n) is 5.24. The van der Waals surface area contributed by atoms with Gasteiger partial charge in [-0.3, -0.25) is 9.59 Å². The average molecular weight is 493 g/mol. The van der Waals surface area contributed by atoms with E-state index in [9.17, 15) is 9.59 Å². The van der Waals surface area contributed by atoms with Gasteiger partial charge in [-0.2, -0.15) is 0 Å². The highest BCUT2D eigenvalue weighted by Crippen LogP contribution is 2.25. The molecule has 7 heteroatoms. The number of halogens is 2. The molecule has 2 aromatic carbocycles. The van der Waals surface area contributed by atoms with Gasteiger partial charge in [-0.25, -0.2) is 0 Å². The van der Waals surface area contributed by atoms with Crippen molar-refractivity contribution in [2.24, 2.45) is 0 Å². The van der Waals surface area contributed by atoms with Crippen LogP contribution in [0, 0.1) is 0 Å². The molecular formula is C26H34Cl2N2O3. The second-order valence-electron chi connectivity index (χ2n) is 9.42. The molecule has 2 aromatic rings. The monoisotopic (exact) mass is 492 g/mol. The molecule has 2 amide bonds. The molecule has 0 radical (unpaired) electrons. The van der Waals surface area contributed by atoms with Crippen molar-refractivity contribution in [2.45, 2.75) is 72.0 Å². The summed E-state index contributed by atoms with van der Waals surface area (Å²) < 4.78 is 5.78. The Morgan fingerprint density at radius 3 is 2.18 bits per heavy atom. The molecule has 1 N–H and O–H groups in total. The summed E-state index contributed by atoms with van der Waals surface area (Å²) in [6.07, 6.45) is 0.464. The summed E-state index contributed by atoms with van der Waals surface area (Å²) in [6, 6.07) is 12.2. The van der Waals surface area contributed by atoms with Gasteiger partial charge in [0.1, 0.15) is 11.8 Å². The fourth-order valence-electron chi connectivity index (χ4n) is 3.41. The van der Waals surface area contributed by atoms with Crippen molar-refractivity contribution in [3.05, 3.63) is 63.6 Å². The van der Waals surface area contributed by atoms with Gasteiger partial charge in [-0.1, -0.05) is 69.1 Å². The Morgan fingerprint density at radius 2 is 1.67 bits per heavy atom. The molecule has 0 aromatic heterocycles. The molecule has 2 rings (SSSR count). The standard InChI is InChI=1S/C26H34Cl2N2O3/c1-7-23(25(32)29-17(2)3)30(15-18-8-13-21(27)22(28)14-18)24(31)16-33-20-11-9-19(10-12-20)26(4,5)6/h8-14,17,23H,7,15-16H2,1-6H3,(H,29,32)/t23-/m1/s1. The van der Waals surface area contributed by atoms with E-state index in [4.69, 9.17) is 27.9 Å². The fourth-order valence-corrected chi connectivity index (χ4v) is 3.73. The first-order valence-electron chi connectivity index (χ1n) is 11.2. The van der Waals surface area contributed by atoms with Gasteiger partial charge in [0.05, 0.1) is 10.0 Å². The number of nitrogens with one attached hydrogen (secondary N) is 1. The Kier molecular flexibility index (Phi) is 9.62. The number of carbonyl (C=O) groups excluding carboxylic acids is 2. The minimum atomic E-state index is -0.638. The van der Waals surface area contributed by atoms with Gasteiger partial charge in [0.15, 0.2) is 6.61 Å². The maximum absolute atomic E-state index is 13.3. The minimum Gasteiger partial charge on any atom is -0.484 e. The van der Waals surface area contributed by atoms with Crippen molar-refractivity contribution in [3.63, 3.8) is 0 Å². The number of hydrogen-bond acceptors (Lipinski definition) is 3. The van der Waals surface area contributed by atoms with Crippen molar-refractivity contribution in [2.75, 3.05) is 6.61 Å². The predicted octanol–water partition coefficient (Wildman–Crippen LogP) is 6.00. The highest BCUT2D eigenvalue weighted by molar-refractivity contribution is 6.42. The first-order chi connectivity index (χ1) is 15.4. The number of benzene rings is 2. The Bertz CT molecular complexity index is 953. The van der Waals surface area contributed by atoms with Crippen molar-refractivity contribution in [3.8, 4) is 5.75 Å². The highest BCUT2D eigenvalue weighted by atomic mass is 35.5. The van der Waals surface area contributed by atoms with E-state index in [0.717, 1.165) is 5.56 Å².